The van der Waals surface area contributed by atoms with Gasteiger partial charge < -0.3 is 20.4 Å². The molecule has 3 rings (SSSR count). The highest BCUT2D eigenvalue weighted by Gasteiger charge is 2.18. The standard InChI is InChI=1S/C19H21N6O3P/c1-11(26)17-15(8-16(20)24-25-17)23-14-7-5-6-13(18(14)28-2)19-21-9-12(10-22-19)29(3,4)27/h5-10H,1-4H3,(H3,20,23,24). The van der Waals surface area contributed by atoms with E-state index >= 15 is 0 Å². The summed E-state index contributed by atoms with van der Waals surface area (Å²) < 4.78 is 17.8. The Hall–Kier alpha value is -3.32. The number of carbonyl (C=O) groups excluding carboxylic acids is 1. The molecule has 0 spiro atoms. The van der Waals surface area contributed by atoms with Crippen molar-refractivity contribution in [3.63, 3.8) is 0 Å². The van der Waals surface area contributed by atoms with Crippen LogP contribution in [0.25, 0.3) is 11.4 Å². The molecule has 0 amide bonds. The molecule has 0 saturated heterocycles. The molecule has 0 saturated carbocycles. The minimum absolute atomic E-state index is 0.161. The minimum atomic E-state index is -2.45. The van der Waals surface area contributed by atoms with E-state index in [0.29, 0.717) is 33.8 Å². The van der Waals surface area contributed by atoms with E-state index in [0.717, 1.165) is 0 Å². The number of nitrogens with zero attached hydrogens (tertiary/aromatic N) is 4. The van der Waals surface area contributed by atoms with Gasteiger partial charge in [0.15, 0.2) is 23.1 Å². The van der Waals surface area contributed by atoms with E-state index in [1.165, 1.54) is 20.1 Å². The summed E-state index contributed by atoms with van der Waals surface area (Å²) >= 11 is 0. The number of anilines is 3. The number of Topliss-reactive ketones (excluding diaryl/α,β-unsaturated/α-hetero) is 1. The van der Waals surface area contributed by atoms with Crippen LogP contribution in [-0.2, 0) is 4.57 Å². The highest BCUT2D eigenvalue weighted by atomic mass is 31.2. The van der Waals surface area contributed by atoms with E-state index in [2.05, 4.69) is 25.5 Å². The highest BCUT2D eigenvalue weighted by molar-refractivity contribution is 7.70. The van der Waals surface area contributed by atoms with Crippen molar-refractivity contribution in [3.8, 4) is 17.1 Å². The fraction of sp³-hybridized carbons (Fsp3) is 0.211. The third kappa shape index (κ3) is 4.41. The van der Waals surface area contributed by atoms with Crippen LogP contribution in [0.2, 0.25) is 0 Å². The van der Waals surface area contributed by atoms with E-state index in [1.54, 1.807) is 37.9 Å². The van der Waals surface area contributed by atoms with Gasteiger partial charge in [-0.3, -0.25) is 4.79 Å². The van der Waals surface area contributed by atoms with Gasteiger partial charge in [-0.1, -0.05) is 6.07 Å². The van der Waals surface area contributed by atoms with Gasteiger partial charge in [-0.2, -0.15) is 0 Å². The topological polar surface area (TPSA) is 133 Å². The summed E-state index contributed by atoms with van der Waals surface area (Å²) in [6.45, 7) is 4.73. The van der Waals surface area contributed by atoms with Crippen LogP contribution in [-0.4, -0.2) is 46.4 Å². The van der Waals surface area contributed by atoms with Crippen molar-refractivity contribution in [1.82, 2.24) is 20.2 Å². The molecule has 0 aliphatic rings. The predicted octanol–water partition coefficient (Wildman–Crippen LogP) is 2.72. The van der Waals surface area contributed by atoms with Crippen molar-refractivity contribution in [2.45, 2.75) is 6.92 Å². The van der Waals surface area contributed by atoms with Crippen molar-refractivity contribution < 1.29 is 14.1 Å². The molecule has 1 aromatic carbocycles. The van der Waals surface area contributed by atoms with Gasteiger partial charge in [-0.15, -0.1) is 10.2 Å². The molecule has 9 nitrogen and oxygen atoms in total. The summed E-state index contributed by atoms with van der Waals surface area (Å²) in [5.41, 5.74) is 7.50. The second kappa shape index (κ2) is 7.97. The largest absolute Gasteiger partial charge is 0.494 e. The smallest absolute Gasteiger partial charge is 0.182 e. The van der Waals surface area contributed by atoms with Gasteiger partial charge in [0.05, 0.1) is 24.0 Å². The Morgan fingerprint density at radius 3 is 2.41 bits per heavy atom. The number of hydrogen-bond acceptors (Lipinski definition) is 9. The Balaban J connectivity index is 2.05. The first-order chi connectivity index (χ1) is 13.7. The minimum Gasteiger partial charge on any atom is -0.494 e. The van der Waals surface area contributed by atoms with Crippen molar-refractivity contribution in [3.05, 3.63) is 42.4 Å². The van der Waals surface area contributed by atoms with Gasteiger partial charge >= 0.3 is 0 Å². The fourth-order valence-corrected chi connectivity index (χ4v) is 3.35. The molecular formula is C19H21N6O3P. The molecule has 3 aromatic rings. The van der Waals surface area contributed by atoms with E-state index in [4.69, 9.17) is 10.5 Å². The van der Waals surface area contributed by atoms with Crippen LogP contribution in [0.5, 0.6) is 5.75 Å². The lowest BCUT2D eigenvalue weighted by Crippen LogP contribution is -2.08. The average Bonchev–Trinajstić information content (AvgIpc) is 2.67. The van der Waals surface area contributed by atoms with Crippen LogP contribution in [0.3, 0.4) is 0 Å². The molecule has 2 heterocycles. The van der Waals surface area contributed by atoms with Crippen molar-refractivity contribution in [2.24, 2.45) is 0 Å². The average molecular weight is 412 g/mol. The first kappa shape index (κ1) is 20.4. The maximum absolute atomic E-state index is 12.2. The zero-order valence-electron chi connectivity index (χ0n) is 16.5. The van der Waals surface area contributed by atoms with E-state index in [9.17, 15) is 9.36 Å². The number of aromatic nitrogens is 4. The van der Waals surface area contributed by atoms with Crippen molar-refractivity contribution in [2.75, 3.05) is 31.5 Å². The second-order valence-corrected chi connectivity index (χ2v) is 9.93. The van der Waals surface area contributed by atoms with Crippen LogP contribution >= 0.6 is 7.14 Å². The SMILES string of the molecule is COc1c(Nc2cc(N)nnc2C(C)=O)cccc1-c1ncc(P(C)(C)=O)cn1. The lowest BCUT2D eigenvalue weighted by atomic mass is 10.1. The summed E-state index contributed by atoms with van der Waals surface area (Å²) in [6.07, 6.45) is 3.12. The zero-order chi connectivity index (χ0) is 21.2. The molecule has 150 valence electrons. The zero-order valence-corrected chi connectivity index (χ0v) is 17.4. The number of nitrogens with one attached hydrogen (secondary N) is 1. The summed E-state index contributed by atoms with van der Waals surface area (Å²) in [6, 6.07) is 6.92. The third-order valence-electron chi connectivity index (χ3n) is 4.14. The number of ketones is 1. The number of nitrogens with two attached hydrogens (primary N) is 1. The summed E-state index contributed by atoms with van der Waals surface area (Å²) in [5, 5.41) is 11.3. The Morgan fingerprint density at radius 1 is 1.14 bits per heavy atom. The van der Waals surface area contributed by atoms with E-state index in [1.807, 2.05) is 6.07 Å². The summed E-state index contributed by atoms with van der Waals surface area (Å²) in [4.78, 5) is 20.6. The number of para-hydroxylation sites is 1. The number of rotatable bonds is 6. The number of benzene rings is 1. The molecule has 3 N–H and O–H groups in total. The van der Waals surface area contributed by atoms with Crippen molar-refractivity contribution >= 4 is 35.4 Å². The van der Waals surface area contributed by atoms with Gasteiger partial charge in [-0.05, 0) is 25.5 Å². The van der Waals surface area contributed by atoms with E-state index < -0.39 is 7.14 Å². The number of nitrogen functional groups attached to an aromatic ring is 1. The maximum Gasteiger partial charge on any atom is 0.182 e. The molecule has 29 heavy (non-hydrogen) atoms. The molecule has 2 aromatic heterocycles. The Kier molecular flexibility index (Phi) is 5.61. The number of methoxy groups -OCH3 is 1. The molecular weight excluding hydrogens is 391 g/mol. The third-order valence-corrected chi connectivity index (χ3v) is 5.61. The molecule has 0 fully saturated rings. The Labute approximate surface area is 168 Å². The van der Waals surface area contributed by atoms with Crippen LogP contribution in [0, 0.1) is 0 Å². The molecule has 0 radical (unpaired) electrons. The predicted molar refractivity (Wildman–Crippen MR) is 113 cm³/mol. The molecule has 10 heteroatoms. The summed E-state index contributed by atoms with van der Waals surface area (Å²) in [7, 11) is -0.925. The quantitative estimate of drug-likeness (QED) is 0.463. The maximum atomic E-state index is 12.2. The first-order valence-electron chi connectivity index (χ1n) is 8.67. The van der Waals surface area contributed by atoms with Gasteiger partial charge in [-0.25, -0.2) is 9.97 Å². The normalized spacial score (nSPS) is 11.2. The van der Waals surface area contributed by atoms with Gasteiger partial charge in [0, 0.05) is 30.7 Å². The van der Waals surface area contributed by atoms with Crippen LogP contribution in [0.15, 0.2) is 36.7 Å². The molecule has 0 aliphatic heterocycles. The Bertz CT molecular complexity index is 1110. The second-order valence-electron chi connectivity index (χ2n) is 6.71. The number of carbonyl (C=O) groups is 1. The monoisotopic (exact) mass is 412 g/mol. The lowest BCUT2D eigenvalue weighted by molar-refractivity contribution is 0.101. The molecule has 0 aliphatic carbocycles. The molecule has 0 unspecified atom stereocenters. The number of ether oxygens (including phenoxy) is 1. The molecule has 0 bridgehead atoms. The summed E-state index contributed by atoms with van der Waals surface area (Å²) in [5.74, 6) is 0.816. The first-order valence-corrected chi connectivity index (χ1v) is 11.3. The van der Waals surface area contributed by atoms with Crippen LogP contribution in [0.1, 0.15) is 17.4 Å². The fourth-order valence-electron chi connectivity index (χ4n) is 2.68. The van der Waals surface area contributed by atoms with Crippen LogP contribution < -0.4 is 21.1 Å². The van der Waals surface area contributed by atoms with Gasteiger partial charge in [0.2, 0.25) is 0 Å². The van der Waals surface area contributed by atoms with Gasteiger partial charge in [0.25, 0.3) is 0 Å². The molecule has 0 atom stereocenters. The Morgan fingerprint density at radius 2 is 1.83 bits per heavy atom. The highest BCUT2D eigenvalue weighted by Crippen LogP contribution is 2.38. The lowest BCUT2D eigenvalue weighted by Gasteiger charge is -2.16. The van der Waals surface area contributed by atoms with E-state index in [-0.39, 0.29) is 17.3 Å². The van der Waals surface area contributed by atoms with Crippen LogP contribution in [0.4, 0.5) is 17.2 Å². The van der Waals surface area contributed by atoms with Gasteiger partial charge in [0.1, 0.15) is 13.0 Å². The van der Waals surface area contributed by atoms with Crippen molar-refractivity contribution in [1.29, 1.82) is 0 Å². The number of hydrogen-bond donors (Lipinski definition) is 2.